The van der Waals surface area contributed by atoms with Crippen LogP contribution in [0.5, 0.6) is 5.75 Å². The Morgan fingerprint density at radius 3 is 2.81 bits per heavy atom. The van der Waals surface area contributed by atoms with Crippen molar-refractivity contribution in [2.75, 3.05) is 0 Å². The number of carbonyl (C=O) groups is 1. The van der Waals surface area contributed by atoms with Gasteiger partial charge in [-0.25, -0.2) is 4.79 Å². The third-order valence-electron chi connectivity index (χ3n) is 2.43. The lowest BCUT2D eigenvalue weighted by molar-refractivity contribution is -0.128. The largest absolute Gasteiger partial charge is 0.423 e. The Morgan fingerprint density at radius 2 is 2.06 bits per heavy atom. The van der Waals surface area contributed by atoms with Crippen molar-refractivity contribution in [3.63, 3.8) is 0 Å². The Morgan fingerprint density at radius 1 is 1.31 bits per heavy atom. The highest BCUT2D eigenvalue weighted by Crippen LogP contribution is 2.24. The van der Waals surface area contributed by atoms with E-state index >= 15 is 0 Å². The summed E-state index contributed by atoms with van der Waals surface area (Å²) < 4.78 is 5.10. The predicted molar refractivity (Wildman–Crippen MR) is 64.5 cm³/mol. The van der Waals surface area contributed by atoms with Crippen LogP contribution in [0.2, 0.25) is 0 Å². The van der Waals surface area contributed by atoms with Crippen molar-refractivity contribution in [1.29, 1.82) is 0 Å². The number of aryl methyl sites for hydroxylation is 1. The summed E-state index contributed by atoms with van der Waals surface area (Å²) >= 11 is 0. The SMILES string of the molecule is C=CC(=O)Oc1cc(C)c2ccccc2c1. The van der Waals surface area contributed by atoms with Crippen molar-refractivity contribution >= 4 is 16.7 Å². The molecular weight excluding hydrogens is 200 g/mol. The number of fused-ring (bicyclic) bond motifs is 1. The van der Waals surface area contributed by atoms with Crippen LogP contribution in [0.4, 0.5) is 0 Å². The number of ether oxygens (including phenoxy) is 1. The van der Waals surface area contributed by atoms with Crippen molar-refractivity contribution in [1.82, 2.24) is 0 Å². The number of carbonyl (C=O) groups excluding carboxylic acids is 1. The van der Waals surface area contributed by atoms with Crippen LogP contribution in [0, 0.1) is 6.92 Å². The summed E-state index contributed by atoms with van der Waals surface area (Å²) in [6, 6.07) is 11.7. The van der Waals surface area contributed by atoms with Crippen LogP contribution in [0.1, 0.15) is 5.56 Å². The normalized spacial score (nSPS) is 10.1. The fourth-order valence-corrected chi connectivity index (χ4v) is 1.68. The molecule has 0 radical (unpaired) electrons. The number of hydrogen-bond donors (Lipinski definition) is 0. The Balaban J connectivity index is 2.49. The lowest BCUT2D eigenvalue weighted by atomic mass is 10.1. The molecule has 0 spiro atoms. The van der Waals surface area contributed by atoms with E-state index in [1.807, 2.05) is 43.3 Å². The molecule has 2 rings (SSSR count). The Kier molecular flexibility index (Phi) is 2.73. The number of rotatable bonds is 2. The van der Waals surface area contributed by atoms with Gasteiger partial charge in [-0.05, 0) is 35.4 Å². The summed E-state index contributed by atoms with van der Waals surface area (Å²) in [5.41, 5.74) is 1.09. The molecule has 16 heavy (non-hydrogen) atoms. The number of esters is 1. The smallest absolute Gasteiger partial charge is 0.335 e. The van der Waals surface area contributed by atoms with E-state index in [1.54, 1.807) is 0 Å². The van der Waals surface area contributed by atoms with Gasteiger partial charge in [-0.3, -0.25) is 0 Å². The third-order valence-corrected chi connectivity index (χ3v) is 2.43. The van der Waals surface area contributed by atoms with E-state index < -0.39 is 5.97 Å². The molecule has 0 atom stereocenters. The van der Waals surface area contributed by atoms with Gasteiger partial charge in [0.25, 0.3) is 0 Å². The first-order valence-corrected chi connectivity index (χ1v) is 5.04. The van der Waals surface area contributed by atoms with Gasteiger partial charge < -0.3 is 4.74 Å². The minimum atomic E-state index is -0.435. The van der Waals surface area contributed by atoms with Gasteiger partial charge in [0, 0.05) is 6.08 Å². The molecule has 80 valence electrons. The maximum Gasteiger partial charge on any atom is 0.335 e. The standard InChI is InChI=1S/C14H12O2/c1-3-14(15)16-12-8-10(2)13-7-5-4-6-11(13)9-12/h3-9H,1H2,2H3. The zero-order chi connectivity index (χ0) is 11.5. The molecule has 0 heterocycles. The van der Waals surface area contributed by atoms with E-state index in [4.69, 9.17) is 4.74 Å². The topological polar surface area (TPSA) is 26.3 Å². The van der Waals surface area contributed by atoms with E-state index in [9.17, 15) is 4.79 Å². The first kappa shape index (κ1) is 10.4. The summed E-state index contributed by atoms with van der Waals surface area (Å²) in [6.45, 7) is 5.36. The lowest BCUT2D eigenvalue weighted by Crippen LogP contribution is -2.03. The summed E-state index contributed by atoms with van der Waals surface area (Å²) in [5.74, 6) is 0.121. The molecule has 0 aliphatic heterocycles. The predicted octanol–water partition coefficient (Wildman–Crippen LogP) is 3.24. The molecule has 0 N–H and O–H groups in total. The summed E-state index contributed by atoms with van der Waals surface area (Å²) in [6.07, 6.45) is 1.16. The van der Waals surface area contributed by atoms with Gasteiger partial charge in [0.1, 0.15) is 5.75 Å². The second kappa shape index (κ2) is 4.19. The average Bonchev–Trinajstić information content (AvgIpc) is 2.29. The molecule has 0 amide bonds. The van der Waals surface area contributed by atoms with Gasteiger partial charge in [-0.1, -0.05) is 30.8 Å². The molecular formula is C14H12O2. The van der Waals surface area contributed by atoms with Gasteiger partial charge in [0.2, 0.25) is 0 Å². The maximum absolute atomic E-state index is 11.1. The van der Waals surface area contributed by atoms with Crippen LogP contribution < -0.4 is 4.74 Å². The first-order chi connectivity index (χ1) is 7.70. The van der Waals surface area contributed by atoms with E-state index in [2.05, 4.69) is 6.58 Å². The van der Waals surface area contributed by atoms with Crippen molar-refractivity contribution in [2.45, 2.75) is 6.92 Å². The zero-order valence-electron chi connectivity index (χ0n) is 9.07. The molecule has 2 nitrogen and oxygen atoms in total. The lowest BCUT2D eigenvalue weighted by Gasteiger charge is -2.06. The summed E-state index contributed by atoms with van der Waals surface area (Å²) in [5, 5.41) is 2.23. The first-order valence-electron chi connectivity index (χ1n) is 5.04. The van der Waals surface area contributed by atoms with Crippen LogP contribution in [0.3, 0.4) is 0 Å². The zero-order valence-corrected chi connectivity index (χ0v) is 9.07. The molecule has 2 aromatic carbocycles. The average molecular weight is 212 g/mol. The molecule has 0 aliphatic carbocycles. The number of hydrogen-bond acceptors (Lipinski definition) is 2. The second-order valence-electron chi connectivity index (χ2n) is 3.59. The Labute approximate surface area is 94.2 Å². The summed E-state index contributed by atoms with van der Waals surface area (Å²) in [7, 11) is 0. The monoisotopic (exact) mass is 212 g/mol. The van der Waals surface area contributed by atoms with E-state index in [-0.39, 0.29) is 0 Å². The molecule has 2 heteroatoms. The van der Waals surface area contributed by atoms with Crippen LogP contribution in [-0.4, -0.2) is 5.97 Å². The van der Waals surface area contributed by atoms with Crippen LogP contribution in [-0.2, 0) is 4.79 Å². The fourth-order valence-electron chi connectivity index (χ4n) is 1.68. The van der Waals surface area contributed by atoms with Crippen molar-refractivity contribution in [3.05, 3.63) is 54.6 Å². The van der Waals surface area contributed by atoms with Gasteiger partial charge in [0.15, 0.2) is 0 Å². The Bertz CT molecular complexity index is 556. The van der Waals surface area contributed by atoms with Gasteiger partial charge >= 0.3 is 5.97 Å². The van der Waals surface area contributed by atoms with Gasteiger partial charge in [-0.2, -0.15) is 0 Å². The fraction of sp³-hybridized carbons (Fsp3) is 0.0714. The number of benzene rings is 2. The minimum Gasteiger partial charge on any atom is -0.423 e. The highest BCUT2D eigenvalue weighted by Gasteiger charge is 2.03. The van der Waals surface area contributed by atoms with Crippen LogP contribution >= 0.6 is 0 Å². The second-order valence-corrected chi connectivity index (χ2v) is 3.59. The summed E-state index contributed by atoms with van der Waals surface area (Å²) in [4.78, 5) is 11.1. The quantitative estimate of drug-likeness (QED) is 0.434. The molecule has 0 bridgehead atoms. The maximum atomic E-state index is 11.1. The molecule has 0 saturated heterocycles. The van der Waals surface area contributed by atoms with Crippen molar-refractivity contribution in [2.24, 2.45) is 0 Å². The Hall–Kier alpha value is -2.09. The van der Waals surface area contributed by atoms with Crippen LogP contribution in [0.25, 0.3) is 10.8 Å². The van der Waals surface area contributed by atoms with Gasteiger partial charge in [-0.15, -0.1) is 0 Å². The van der Waals surface area contributed by atoms with E-state index in [0.29, 0.717) is 5.75 Å². The molecule has 0 fully saturated rings. The minimum absolute atomic E-state index is 0.435. The highest BCUT2D eigenvalue weighted by molar-refractivity contribution is 5.89. The molecule has 2 aromatic rings. The van der Waals surface area contributed by atoms with E-state index in [0.717, 1.165) is 17.0 Å². The molecule has 0 saturated carbocycles. The van der Waals surface area contributed by atoms with Crippen LogP contribution in [0.15, 0.2) is 49.1 Å². The van der Waals surface area contributed by atoms with Gasteiger partial charge in [0.05, 0.1) is 0 Å². The molecule has 0 unspecified atom stereocenters. The van der Waals surface area contributed by atoms with E-state index in [1.165, 1.54) is 5.39 Å². The van der Waals surface area contributed by atoms with Crippen molar-refractivity contribution < 1.29 is 9.53 Å². The third kappa shape index (κ3) is 1.96. The molecule has 0 aliphatic rings. The molecule has 0 aromatic heterocycles. The highest BCUT2D eigenvalue weighted by atomic mass is 16.5. The van der Waals surface area contributed by atoms with Crippen molar-refractivity contribution in [3.8, 4) is 5.75 Å².